The van der Waals surface area contributed by atoms with E-state index in [4.69, 9.17) is 15.0 Å². The molecule has 50 heavy (non-hydrogen) atoms. The van der Waals surface area contributed by atoms with E-state index in [9.17, 15) is 0 Å². The highest BCUT2D eigenvalue weighted by Gasteiger charge is 2.20. The molecule has 0 atom stereocenters. The van der Waals surface area contributed by atoms with Crippen molar-refractivity contribution < 1.29 is 0 Å². The lowest BCUT2D eigenvalue weighted by Gasteiger charge is -2.11. The summed E-state index contributed by atoms with van der Waals surface area (Å²) in [6.07, 6.45) is 0. The topological polar surface area (TPSA) is 48.5 Å². The summed E-state index contributed by atoms with van der Waals surface area (Å²) in [4.78, 5) is 15.2. The molecule has 7 aromatic carbocycles. The molecular weight excluding hydrogens is 611 g/mol. The van der Waals surface area contributed by atoms with Gasteiger partial charge in [-0.2, -0.15) is 0 Å². The summed E-state index contributed by atoms with van der Waals surface area (Å²) in [7, 11) is 0. The van der Waals surface area contributed by atoms with Gasteiger partial charge in [-0.3, -0.25) is 0 Å². The van der Waals surface area contributed by atoms with Gasteiger partial charge in [-0.05, 0) is 48.5 Å². The summed E-state index contributed by atoms with van der Waals surface area (Å²) >= 11 is 0. The molecule has 0 unspecified atom stereocenters. The number of aromatic nitrogens is 5. The van der Waals surface area contributed by atoms with Crippen molar-refractivity contribution in [1.29, 1.82) is 0 Å². The first-order chi connectivity index (χ1) is 24.8. The Morgan fingerprint density at radius 1 is 0.320 bits per heavy atom. The fourth-order valence-electron chi connectivity index (χ4n) is 7.37. The molecule has 0 aliphatic heterocycles. The van der Waals surface area contributed by atoms with E-state index in [2.05, 4.69) is 124 Å². The third kappa shape index (κ3) is 4.45. The van der Waals surface area contributed by atoms with Crippen LogP contribution in [0.5, 0.6) is 0 Å². The van der Waals surface area contributed by atoms with Crippen molar-refractivity contribution in [2.75, 3.05) is 0 Å². The van der Waals surface area contributed by atoms with E-state index in [1.54, 1.807) is 0 Å². The molecule has 0 saturated heterocycles. The van der Waals surface area contributed by atoms with Gasteiger partial charge in [0, 0.05) is 49.6 Å². The minimum atomic E-state index is 0.646. The molecule has 0 aliphatic rings. The minimum Gasteiger partial charge on any atom is -0.309 e. The van der Waals surface area contributed by atoms with Crippen LogP contribution in [0.25, 0.3) is 89.2 Å². The van der Waals surface area contributed by atoms with E-state index < -0.39 is 0 Å². The lowest BCUT2D eigenvalue weighted by molar-refractivity contribution is 1.08. The number of benzene rings is 7. The predicted octanol–water partition coefficient (Wildman–Crippen LogP) is 11.1. The van der Waals surface area contributed by atoms with Crippen LogP contribution >= 0.6 is 0 Å². The van der Waals surface area contributed by atoms with Gasteiger partial charge in [-0.25, -0.2) is 15.0 Å². The highest BCUT2D eigenvalue weighted by molar-refractivity contribution is 6.16. The molecule has 3 heterocycles. The molecule has 10 rings (SSSR count). The molecular formula is C45H29N5. The van der Waals surface area contributed by atoms with Gasteiger partial charge in [0.1, 0.15) is 0 Å². The SMILES string of the molecule is c1ccc(-c2nc(-c3ccccc3)nc(-c3cccc4c3c3ccccc3n4-c3ccc4c(c3)c3ccccc3n4-c3ccccc3)n2)cc1. The maximum atomic E-state index is 5.11. The lowest BCUT2D eigenvalue weighted by Crippen LogP contribution is -2.00. The lowest BCUT2D eigenvalue weighted by atomic mass is 10.1. The molecule has 0 N–H and O–H groups in total. The van der Waals surface area contributed by atoms with E-state index in [-0.39, 0.29) is 0 Å². The van der Waals surface area contributed by atoms with Crippen LogP contribution in [0, 0.1) is 0 Å². The second kappa shape index (κ2) is 11.4. The number of fused-ring (bicyclic) bond motifs is 6. The molecule has 3 aromatic heterocycles. The molecule has 0 aliphatic carbocycles. The zero-order valence-corrected chi connectivity index (χ0v) is 27.0. The minimum absolute atomic E-state index is 0.646. The van der Waals surface area contributed by atoms with E-state index in [1.165, 1.54) is 21.8 Å². The summed E-state index contributed by atoms with van der Waals surface area (Å²) < 4.78 is 4.73. The first kappa shape index (κ1) is 28.2. The van der Waals surface area contributed by atoms with Crippen LogP contribution in [0.3, 0.4) is 0 Å². The Balaban J connectivity index is 1.23. The third-order valence-corrected chi connectivity index (χ3v) is 9.57. The second-order valence-electron chi connectivity index (χ2n) is 12.5. The second-order valence-corrected chi connectivity index (χ2v) is 12.5. The maximum absolute atomic E-state index is 5.11. The Hall–Kier alpha value is -6.85. The van der Waals surface area contributed by atoms with Gasteiger partial charge in [-0.1, -0.05) is 127 Å². The van der Waals surface area contributed by atoms with Gasteiger partial charge in [-0.15, -0.1) is 0 Å². The highest BCUT2D eigenvalue weighted by Crippen LogP contribution is 2.40. The molecule has 0 saturated carbocycles. The van der Waals surface area contributed by atoms with Crippen LogP contribution in [0.1, 0.15) is 0 Å². The average Bonchev–Trinajstić information content (AvgIpc) is 3.71. The zero-order valence-electron chi connectivity index (χ0n) is 27.0. The smallest absolute Gasteiger partial charge is 0.164 e. The van der Waals surface area contributed by atoms with Gasteiger partial charge in [0.2, 0.25) is 0 Å². The van der Waals surface area contributed by atoms with Crippen LogP contribution in [0.2, 0.25) is 0 Å². The Bertz CT molecular complexity index is 2800. The molecule has 0 amide bonds. The van der Waals surface area contributed by atoms with E-state index in [1.807, 2.05) is 60.7 Å². The van der Waals surface area contributed by atoms with Crippen molar-refractivity contribution in [3.05, 3.63) is 176 Å². The standard InChI is InChI=1S/C45H29N5/c1-4-15-30(16-5-1)43-46-44(31-17-6-2-7-18-31)48-45(47-43)36-23-14-26-41-42(36)35-22-11-13-25-39(35)50(41)33-27-28-40-37(29-33)34-21-10-12-24-38(34)49(40)32-19-8-3-9-20-32/h1-29H. The van der Waals surface area contributed by atoms with E-state index >= 15 is 0 Å². The average molecular weight is 640 g/mol. The largest absolute Gasteiger partial charge is 0.309 e. The van der Waals surface area contributed by atoms with Crippen LogP contribution < -0.4 is 0 Å². The number of nitrogens with zero attached hydrogens (tertiary/aromatic N) is 5. The van der Waals surface area contributed by atoms with Crippen molar-refractivity contribution >= 4 is 43.6 Å². The Morgan fingerprint density at radius 2 is 0.820 bits per heavy atom. The number of rotatable bonds is 5. The summed E-state index contributed by atoms with van der Waals surface area (Å²) in [6, 6.07) is 61.4. The van der Waals surface area contributed by atoms with Gasteiger partial charge >= 0.3 is 0 Å². The maximum Gasteiger partial charge on any atom is 0.164 e. The van der Waals surface area contributed by atoms with Crippen molar-refractivity contribution in [3.63, 3.8) is 0 Å². The van der Waals surface area contributed by atoms with Crippen molar-refractivity contribution in [1.82, 2.24) is 24.1 Å². The van der Waals surface area contributed by atoms with Gasteiger partial charge in [0.25, 0.3) is 0 Å². The first-order valence-electron chi connectivity index (χ1n) is 16.8. The van der Waals surface area contributed by atoms with Crippen LogP contribution in [-0.2, 0) is 0 Å². The van der Waals surface area contributed by atoms with Gasteiger partial charge in [0.05, 0.1) is 22.1 Å². The molecule has 234 valence electrons. The molecule has 5 nitrogen and oxygen atoms in total. The molecule has 5 heteroatoms. The molecule has 0 bridgehead atoms. The number of hydrogen-bond acceptors (Lipinski definition) is 3. The zero-order chi connectivity index (χ0) is 33.0. The van der Waals surface area contributed by atoms with Gasteiger partial charge < -0.3 is 9.13 Å². The van der Waals surface area contributed by atoms with Crippen LogP contribution in [-0.4, -0.2) is 24.1 Å². The third-order valence-electron chi connectivity index (χ3n) is 9.57. The van der Waals surface area contributed by atoms with E-state index in [0.717, 1.165) is 49.9 Å². The quantitative estimate of drug-likeness (QED) is 0.188. The number of para-hydroxylation sites is 3. The van der Waals surface area contributed by atoms with Crippen molar-refractivity contribution in [3.8, 4) is 45.5 Å². The molecule has 0 fully saturated rings. The molecule has 0 spiro atoms. The fourth-order valence-corrected chi connectivity index (χ4v) is 7.37. The van der Waals surface area contributed by atoms with Crippen LogP contribution in [0.15, 0.2) is 176 Å². The van der Waals surface area contributed by atoms with Gasteiger partial charge in [0.15, 0.2) is 17.5 Å². The Labute approximate surface area is 288 Å². The summed E-state index contributed by atoms with van der Waals surface area (Å²) in [5, 5.41) is 4.69. The fraction of sp³-hybridized carbons (Fsp3) is 0. The Kier molecular flexibility index (Phi) is 6.42. The Morgan fingerprint density at radius 3 is 1.50 bits per heavy atom. The number of hydrogen-bond donors (Lipinski definition) is 0. The summed E-state index contributed by atoms with van der Waals surface area (Å²) in [5.74, 6) is 1.94. The molecule has 0 radical (unpaired) electrons. The summed E-state index contributed by atoms with van der Waals surface area (Å²) in [5.41, 5.74) is 9.70. The van der Waals surface area contributed by atoms with Crippen molar-refractivity contribution in [2.45, 2.75) is 0 Å². The van der Waals surface area contributed by atoms with Crippen LogP contribution in [0.4, 0.5) is 0 Å². The summed E-state index contributed by atoms with van der Waals surface area (Å²) in [6.45, 7) is 0. The first-order valence-corrected chi connectivity index (χ1v) is 16.8. The molecule has 10 aromatic rings. The van der Waals surface area contributed by atoms with E-state index in [0.29, 0.717) is 17.5 Å². The monoisotopic (exact) mass is 639 g/mol. The normalized spacial score (nSPS) is 11.6. The highest BCUT2D eigenvalue weighted by atomic mass is 15.0. The predicted molar refractivity (Wildman–Crippen MR) is 205 cm³/mol. The van der Waals surface area contributed by atoms with Crippen molar-refractivity contribution in [2.24, 2.45) is 0 Å².